The van der Waals surface area contributed by atoms with Crippen LogP contribution in [0, 0.1) is 11.3 Å². The molecule has 2 fully saturated rings. The Bertz CT molecular complexity index is 318. The van der Waals surface area contributed by atoms with Crippen molar-refractivity contribution in [1.82, 2.24) is 0 Å². The summed E-state index contributed by atoms with van der Waals surface area (Å²) >= 11 is 0. The van der Waals surface area contributed by atoms with E-state index in [2.05, 4.69) is 0 Å². The summed E-state index contributed by atoms with van der Waals surface area (Å²) < 4.78 is 5.21. The number of ether oxygens (including phenoxy) is 1. The molecular weight excluding hydrogens is 228 g/mol. The molecule has 3 nitrogen and oxygen atoms in total. The standard InChI is InChI=1S/C15H24O3/c1-2-18-14(17)15(10-6-5-9-13(15)16)11-12-7-3-4-8-12/h12H,2-11H2,1H3. The van der Waals surface area contributed by atoms with Crippen molar-refractivity contribution in [2.24, 2.45) is 11.3 Å². The lowest BCUT2D eigenvalue weighted by Crippen LogP contribution is -2.44. The number of hydrogen-bond acceptors (Lipinski definition) is 3. The number of Topliss-reactive ketones (excluding diaryl/α,β-unsaturated/α-hetero) is 1. The zero-order valence-corrected chi connectivity index (χ0v) is 11.4. The SMILES string of the molecule is CCOC(=O)C1(CC2CCCC2)CCCCC1=O. The molecule has 0 saturated heterocycles. The predicted octanol–water partition coefficient (Wildman–Crippen LogP) is 3.26. The first-order chi connectivity index (χ1) is 8.69. The van der Waals surface area contributed by atoms with E-state index in [1.165, 1.54) is 25.7 Å². The fraction of sp³-hybridized carbons (Fsp3) is 0.867. The van der Waals surface area contributed by atoms with Crippen molar-refractivity contribution < 1.29 is 14.3 Å². The smallest absolute Gasteiger partial charge is 0.319 e. The van der Waals surface area contributed by atoms with Gasteiger partial charge >= 0.3 is 5.97 Å². The van der Waals surface area contributed by atoms with Crippen LogP contribution in [0.2, 0.25) is 0 Å². The van der Waals surface area contributed by atoms with Crippen molar-refractivity contribution in [2.45, 2.75) is 64.7 Å². The van der Waals surface area contributed by atoms with Crippen molar-refractivity contribution in [3.05, 3.63) is 0 Å². The van der Waals surface area contributed by atoms with Crippen LogP contribution in [0.1, 0.15) is 64.7 Å². The molecule has 18 heavy (non-hydrogen) atoms. The van der Waals surface area contributed by atoms with E-state index in [9.17, 15) is 9.59 Å². The molecule has 0 N–H and O–H groups in total. The number of carbonyl (C=O) groups is 2. The second kappa shape index (κ2) is 5.85. The minimum Gasteiger partial charge on any atom is -0.465 e. The Hall–Kier alpha value is -0.860. The van der Waals surface area contributed by atoms with Gasteiger partial charge in [-0.05, 0) is 32.1 Å². The maximum absolute atomic E-state index is 12.3. The molecule has 1 unspecified atom stereocenters. The molecule has 0 radical (unpaired) electrons. The van der Waals surface area contributed by atoms with Crippen LogP contribution in [-0.4, -0.2) is 18.4 Å². The van der Waals surface area contributed by atoms with Crippen molar-refractivity contribution in [2.75, 3.05) is 6.61 Å². The van der Waals surface area contributed by atoms with Crippen molar-refractivity contribution >= 4 is 11.8 Å². The molecule has 102 valence electrons. The normalized spacial score (nSPS) is 29.5. The van der Waals surface area contributed by atoms with Crippen LogP contribution in [0.15, 0.2) is 0 Å². The summed E-state index contributed by atoms with van der Waals surface area (Å²) in [6, 6.07) is 0. The second-order valence-corrected chi connectivity index (χ2v) is 5.79. The van der Waals surface area contributed by atoms with E-state index in [-0.39, 0.29) is 11.8 Å². The number of rotatable bonds is 4. The van der Waals surface area contributed by atoms with Crippen LogP contribution in [0.3, 0.4) is 0 Å². The second-order valence-electron chi connectivity index (χ2n) is 5.79. The average molecular weight is 252 g/mol. The molecule has 3 heteroatoms. The van der Waals surface area contributed by atoms with Gasteiger partial charge in [-0.15, -0.1) is 0 Å². The summed E-state index contributed by atoms with van der Waals surface area (Å²) in [5.41, 5.74) is -0.788. The Labute approximate surface area is 109 Å². The summed E-state index contributed by atoms with van der Waals surface area (Å²) in [6.45, 7) is 2.19. The number of hydrogen-bond donors (Lipinski definition) is 0. The van der Waals surface area contributed by atoms with Gasteiger partial charge < -0.3 is 4.74 Å². The first kappa shape index (κ1) is 13.6. The molecule has 0 spiro atoms. The summed E-state index contributed by atoms with van der Waals surface area (Å²) in [6.07, 6.45) is 8.78. The summed E-state index contributed by atoms with van der Waals surface area (Å²) in [7, 11) is 0. The minimum atomic E-state index is -0.788. The predicted molar refractivity (Wildman–Crippen MR) is 69.1 cm³/mol. The number of carbonyl (C=O) groups excluding carboxylic acids is 2. The van der Waals surface area contributed by atoms with Gasteiger partial charge in [0.1, 0.15) is 11.2 Å². The highest BCUT2D eigenvalue weighted by molar-refractivity contribution is 6.04. The van der Waals surface area contributed by atoms with Crippen LogP contribution >= 0.6 is 0 Å². The number of esters is 1. The molecule has 2 aliphatic rings. The molecule has 2 rings (SSSR count). The first-order valence-electron chi connectivity index (χ1n) is 7.39. The van der Waals surface area contributed by atoms with E-state index in [1.807, 2.05) is 6.92 Å². The van der Waals surface area contributed by atoms with Crippen LogP contribution in [0.25, 0.3) is 0 Å². The fourth-order valence-corrected chi connectivity index (χ4v) is 3.58. The monoisotopic (exact) mass is 252 g/mol. The lowest BCUT2D eigenvalue weighted by Gasteiger charge is -2.35. The third-order valence-electron chi connectivity index (χ3n) is 4.57. The highest BCUT2D eigenvalue weighted by Gasteiger charge is 2.49. The maximum Gasteiger partial charge on any atom is 0.319 e. The lowest BCUT2D eigenvalue weighted by molar-refractivity contribution is -0.163. The Balaban J connectivity index is 2.14. The first-order valence-corrected chi connectivity index (χ1v) is 7.39. The van der Waals surface area contributed by atoms with Gasteiger partial charge in [-0.3, -0.25) is 9.59 Å². The summed E-state index contributed by atoms with van der Waals surface area (Å²) in [4.78, 5) is 24.6. The quantitative estimate of drug-likeness (QED) is 0.569. The Morgan fingerprint density at radius 3 is 2.61 bits per heavy atom. The van der Waals surface area contributed by atoms with E-state index in [4.69, 9.17) is 4.74 Å². The third-order valence-corrected chi connectivity index (χ3v) is 4.57. The number of ketones is 1. The van der Waals surface area contributed by atoms with Crippen LogP contribution in [-0.2, 0) is 14.3 Å². The van der Waals surface area contributed by atoms with Gasteiger partial charge in [0.2, 0.25) is 0 Å². The zero-order chi connectivity index (χ0) is 13.0. The van der Waals surface area contributed by atoms with E-state index in [1.54, 1.807) is 0 Å². The van der Waals surface area contributed by atoms with Gasteiger partial charge in [0.05, 0.1) is 6.61 Å². The van der Waals surface area contributed by atoms with E-state index in [0.717, 1.165) is 19.3 Å². The third kappa shape index (κ3) is 2.60. The fourth-order valence-electron chi connectivity index (χ4n) is 3.58. The largest absolute Gasteiger partial charge is 0.465 e. The lowest BCUT2D eigenvalue weighted by atomic mass is 9.68. The summed E-state index contributed by atoms with van der Waals surface area (Å²) in [5, 5.41) is 0. The molecule has 2 aliphatic carbocycles. The molecule has 0 heterocycles. The average Bonchev–Trinajstić information content (AvgIpc) is 2.85. The molecule has 0 aromatic heterocycles. The van der Waals surface area contributed by atoms with Gasteiger partial charge in [-0.25, -0.2) is 0 Å². The maximum atomic E-state index is 12.3. The van der Waals surface area contributed by atoms with E-state index >= 15 is 0 Å². The topological polar surface area (TPSA) is 43.4 Å². The van der Waals surface area contributed by atoms with E-state index in [0.29, 0.717) is 25.4 Å². The van der Waals surface area contributed by atoms with Crippen LogP contribution in [0.5, 0.6) is 0 Å². The van der Waals surface area contributed by atoms with Gasteiger partial charge in [0.25, 0.3) is 0 Å². The Kier molecular flexibility index (Phi) is 4.41. The molecule has 2 saturated carbocycles. The molecule has 0 bridgehead atoms. The van der Waals surface area contributed by atoms with Crippen LogP contribution < -0.4 is 0 Å². The van der Waals surface area contributed by atoms with E-state index < -0.39 is 5.41 Å². The highest BCUT2D eigenvalue weighted by atomic mass is 16.5. The molecular formula is C15H24O3. The Morgan fingerprint density at radius 2 is 2.00 bits per heavy atom. The van der Waals surface area contributed by atoms with Crippen molar-refractivity contribution in [1.29, 1.82) is 0 Å². The highest BCUT2D eigenvalue weighted by Crippen LogP contribution is 2.43. The molecule has 0 aromatic rings. The van der Waals surface area contributed by atoms with Crippen LogP contribution in [0.4, 0.5) is 0 Å². The molecule has 0 aliphatic heterocycles. The summed E-state index contributed by atoms with van der Waals surface area (Å²) in [5.74, 6) is 0.442. The zero-order valence-electron chi connectivity index (χ0n) is 11.4. The molecule has 1 atom stereocenters. The van der Waals surface area contributed by atoms with Gasteiger partial charge in [-0.2, -0.15) is 0 Å². The molecule has 0 aromatic carbocycles. The van der Waals surface area contributed by atoms with Gasteiger partial charge in [0.15, 0.2) is 0 Å². The Morgan fingerprint density at radius 1 is 1.28 bits per heavy atom. The van der Waals surface area contributed by atoms with Gasteiger partial charge in [-0.1, -0.05) is 32.1 Å². The van der Waals surface area contributed by atoms with Crippen molar-refractivity contribution in [3.8, 4) is 0 Å². The van der Waals surface area contributed by atoms with Gasteiger partial charge in [0, 0.05) is 6.42 Å². The van der Waals surface area contributed by atoms with Crippen molar-refractivity contribution in [3.63, 3.8) is 0 Å². The molecule has 0 amide bonds. The minimum absolute atomic E-state index is 0.138.